The van der Waals surface area contributed by atoms with E-state index in [4.69, 9.17) is 11.6 Å². The number of benzene rings is 2. The molecule has 0 radical (unpaired) electrons. The van der Waals surface area contributed by atoms with Crippen molar-refractivity contribution >= 4 is 11.6 Å². The van der Waals surface area contributed by atoms with E-state index in [2.05, 4.69) is 5.32 Å². The predicted octanol–water partition coefficient (Wildman–Crippen LogP) is 3.42. The summed E-state index contributed by atoms with van der Waals surface area (Å²) in [4.78, 5) is 0. The summed E-state index contributed by atoms with van der Waals surface area (Å²) >= 11 is 5.99. The molecule has 4 heteroatoms. The molecule has 3 rings (SSSR count). The molecule has 0 aliphatic carbocycles. The van der Waals surface area contributed by atoms with Crippen LogP contribution in [0.5, 0.6) is 5.75 Å². The highest BCUT2D eigenvalue weighted by atomic mass is 35.5. The molecule has 0 bridgehead atoms. The van der Waals surface area contributed by atoms with Crippen molar-refractivity contribution in [3.63, 3.8) is 0 Å². The zero-order valence-electron chi connectivity index (χ0n) is 10.2. The van der Waals surface area contributed by atoms with Crippen molar-refractivity contribution in [2.45, 2.75) is 12.5 Å². The van der Waals surface area contributed by atoms with Gasteiger partial charge >= 0.3 is 0 Å². The van der Waals surface area contributed by atoms with Crippen LogP contribution in [0.3, 0.4) is 0 Å². The molecule has 0 saturated carbocycles. The molecule has 2 nitrogen and oxygen atoms in total. The van der Waals surface area contributed by atoms with Gasteiger partial charge in [-0.25, -0.2) is 4.39 Å². The first-order chi connectivity index (χ1) is 9.15. The Labute approximate surface area is 115 Å². The van der Waals surface area contributed by atoms with Crippen LogP contribution in [0.1, 0.15) is 22.7 Å². The van der Waals surface area contributed by atoms with Gasteiger partial charge in [-0.05, 0) is 47.9 Å². The topological polar surface area (TPSA) is 32.3 Å². The Morgan fingerprint density at radius 1 is 1.16 bits per heavy atom. The SMILES string of the molecule is Oc1ccc(Cl)cc1[C@H]1NCCc2cc(F)ccc21. The molecule has 0 aromatic heterocycles. The van der Waals surface area contributed by atoms with E-state index in [1.807, 2.05) is 0 Å². The van der Waals surface area contributed by atoms with E-state index in [1.165, 1.54) is 6.07 Å². The summed E-state index contributed by atoms with van der Waals surface area (Å²) in [5, 5.41) is 13.9. The van der Waals surface area contributed by atoms with Gasteiger partial charge in [-0.2, -0.15) is 0 Å². The van der Waals surface area contributed by atoms with Gasteiger partial charge in [-0.15, -0.1) is 0 Å². The van der Waals surface area contributed by atoms with E-state index in [-0.39, 0.29) is 17.6 Å². The first-order valence-electron chi connectivity index (χ1n) is 6.15. The van der Waals surface area contributed by atoms with Gasteiger partial charge in [0.15, 0.2) is 0 Å². The van der Waals surface area contributed by atoms with E-state index in [9.17, 15) is 9.50 Å². The number of rotatable bonds is 1. The molecule has 0 amide bonds. The van der Waals surface area contributed by atoms with Crippen molar-refractivity contribution in [3.05, 3.63) is 63.9 Å². The number of halogens is 2. The number of phenols is 1. The molecule has 2 aromatic carbocycles. The Kier molecular flexibility index (Phi) is 3.17. The van der Waals surface area contributed by atoms with Crippen LogP contribution in [0.2, 0.25) is 5.02 Å². The van der Waals surface area contributed by atoms with Gasteiger partial charge in [-0.3, -0.25) is 0 Å². The zero-order chi connectivity index (χ0) is 13.4. The lowest BCUT2D eigenvalue weighted by molar-refractivity contribution is 0.453. The van der Waals surface area contributed by atoms with Crippen LogP contribution in [0.25, 0.3) is 0 Å². The third-order valence-corrected chi connectivity index (χ3v) is 3.69. The third-order valence-electron chi connectivity index (χ3n) is 3.46. The number of nitrogens with one attached hydrogen (secondary N) is 1. The Bertz CT molecular complexity index is 630. The monoisotopic (exact) mass is 277 g/mol. The van der Waals surface area contributed by atoms with Crippen LogP contribution in [-0.2, 0) is 6.42 Å². The van der Waals surface area contributed by atoms with Crippen LogP contribution >= 0.6 is 11.6 Å². The first-order valence-corrected chi connectivity index (χ1v) is 6.53. The highest BCUT2D eigenvalue weighted by Crippen LogP contribution is 2.35. The number of hydrogen-bond acceptors (Lipinski definition) is 2. The molecule has 2 N–H and O–H groups in total. The summed E-state index contributed by atoms with van der Waals surface area (Å²) in [6.07, 6.45) is 0.783. The zero-order valence-corrected chi connectivity index (χ0v) is 10.9. The average molecular weight is 278 g/mol. The highest BCUT2D eigenvalue weighted by Gasteiger charge is 2.23. The van der Waals surface area contributed by atoms with Gasteiger partial charge in [0.05, 0.1) is 6.04 Å². The Hall–Kier alpha value is -1.58. The number of hydrogen-bond donors (Lipinski definition) is 2. The van der Waals surface area contributed by atoms with E-state index in [1.54, 1.807) is 30.3 Å². The maximum Gasteiger partial charge on any atom is 0.123 e. The lowest BCUT2D eigenvalue weighted by atomic mass is 9.89. The molecule has 1 aliphatic heterocycles. The summed E-state index contributed by atoms with van der Waals surface area (Å²) in [5.74, 6) is -0.0335. The van der Waals surface area contributed by atoms with Crippen LogP contribution in [0.15, 0.2) is 36.4 Å². The fraction of sp³-hybridized carbons (Fsp3) is 0.200. The minimum absolute atomic E-state index is 0.150. The molecular formula is C15H13ClFNO. The Morgan fingerprint density at radius 3 is 2.84 bits per heavy atom. The number of fused-ring (bicyclic) bond motifs is 1. The normalized spacial score (nSPS) is 18.1. The second kappa shape index (κ2) is 4.83. The quantitative estimate of drug-likeness (QED) is 0.837. The smallest absolute Gasteiger partial charge is 0.123 e. The standard InChI is InChI=1S/C15H13ClFNO/c16-10-1-4-14(19)13(8-10)15-12-3-2-11(17)7-9(12)5-6-18-15/h1-4,7-8,15,18-19H,5-6H2/t15-/m0/s1. The Balaban J connectivity index is 2.11. The summed E-state index contributed by atoms with van der Waals surface area (Å²) in [6.45, 7) is 0.743. The Morgan fingerprint density at radius 2 is 2.00 bits per heavy atom. The van der Waals surface area contributed by atoms with Gasteiger partial charge in [0.1, 0.15) is 11.6 Å². The molecule has 19 heavy (non-hydrogen) atoms. The maximum atomic E-state index is 13.3. The van der Waals surface area contributed by atoms with Gasteiger partial charge in [-0.1, -0.05) is 17.7 Å². The molecule has 0 spiro atoms. The number of phenolic OH excluding ortho intramolecular Hbond substituents is 1. The van der Waals surface area contributed by atoms with Crippen molar-refractivity contribution < 1.29 is 9.50 Å². The molecule has 0 unspecified atom stereocenters. The van der Waals surface area contributed by atoms with Crippen molar-refractivity contribution in [1.82, 2.24) is 5.32 Å². The fourth-order valence-corrected chi connectivity index (χ4v) is 2.75. The van der Waals surface area contributed by atoms with E-state index in [0.717, 1.165) is 29.7 Å². The fourth-order valence-electron chi connectivity index (χ4n) is 2.57. The minimum atomic E-state index is -0.227. The summed E-state index contributed by atoms with van der Waals surface area (Å²) in [6, 6.07) is 9.59. The second-order valence-corrected chi connectivity index (χ2v) is 5.12. The van der Waals surface area contributed by atoms with Crippen molar-refractivity contribution in [2.75, 3.05) is 6.54 Å². The second-order valence-electron chi connectivity index (χ2n) is 4.68. The van der Waals surface area contributed by atoms with Gasteiger partial charge < -0.3 is 10.4 Å². The largest absolute Gasteiger partial charge is 0.508 e. The van der Waals surface area contributed by atoms with Crippen molar-refractivity contribution in [3.8, 4) is 5.75 Å². The molecule has 1 aliphatic rings. The lowest BCUT2D eigenvalue weighted by Gasteiger charge is -2.28. The summed E-state index contributed by atoms with van der Waals surface area (Å²) < 4.78 is 13.3. The predicted molar refractivity (Wildman–Crippen MR) is 73.1 cm³/mol. The van der Waals surface area contributed by atoms with Crippen LogP contribution in [0, 0.1) is 5.82 Å². The van der Waals surface area contributed by atoms with Gasteiger partial charge in [0, 0.05) is 17.1 Å². The van der Waals surface area contributed by atoms with E-state index >= 15 is 0 Å². The van der Waals surface area contributed by atoms with Crippen molar-refractivity contribution in [1.29, 1.82) is 0 Å². The average Bonchev–Trinajstić information content (AvgIpc) is 2.40. The highest BCUT2D eigenvalue weighted by molar-refractivity contribution is 6.30. The van der Waals surface area contributed by atoms with Crippen LogP contribution in [-0.4, -0.2) is 11.7 Å². The molecule has 0 fully saturated rings. The molecule has 0 saturated heterocycles. The third kappa shape index (κ3) is 2.31. The van der Waals surface area contributed by atoms with Crippen LogP contribution in [0.4, 0.5) is 4.39 Å². The first kappa shape index (κ1) is 12.5. The molecular weight excluding hydrogens is 265 g/mol. The molecule has 2 aromatic rings. The molecule has 1 atom stereocenters. The van der Waals surface area contributed by atoms with Crippen molar-refractivity contribution in [2.24, 2.45) is 0 Å². The molecule has 98 valence electrons. The van der Waals surface area contributed by atoms with Gasteiger partial charge in [0.25, 0.3) is 0 Å². The van der Waals surface area contributed by atoms with E-state index in [0.29, 0.717) is 5.02 Å². The molecule has 1 heterocycles. The lowest BCUT2D eigenvalue weighted by Crippen LogP contribution is -2.30. The number of aromatic hydroxyl groups is 1. The van der Waals surface area contributed by atoms with E-state index < -0.39 is 0 Å². The summed E-state index contributed by atoms with van der Waals surface area (Å²) in [7, 11) is 0. The van der Waals surface area contributed by atoms with Gasteiger partial charge in [0.2, 0.25) is 0 Å². The van der Waals surface area contributed by atoms with Crippen LogP contribution < -0.4 is 5.32 Å². The summed E-state index contributed by atoms with van der Waals surface area (Å²) in [5.41, 5.74) is 2.69. The maximum absolute atomic E-state index is 13.3. The minimum Gasteiger partial charge on any atom is -0.508 e.